The van der Waals surface area contributed by atoms with E-state index in [0.29, 0.717) is 6.07 Å². The number of halogens is 2. The fraction of sp³-hybridized carbons (Fsp3) is 0.0714. The van der Waals surface area contributed by atoms with Crippen LogP contribution in [0.3, 0.4) is 0 Å². The van der Waals surface area contributed by atoms with Gasteiger partial charge in [0.25, 0.3) is 0 Å². The first-order valence-electron chi connectivity index (χ1n) is 5.74. The number of benzene rings is 2. The highest BCUT2D eigenvalue weighted by atomic mass is 19.1. The van der Waals surface area contributed by atoms with Crippen molar-refractivity contribution in [3.63, 3.8) is 0 Å². The summed E-state index contributed by atoms with van der Waals surface area (Å²) >= 11 is 0. The molecule has 0 fully saturated rings. The first kappa shape index (κ1) is 14.6. The number of carbonyl (C=O) groups excluding carboxylic acids is 1. The topological polar surface area (TPSA) is 87.0 Å². The van der Waals surface area contributed by atoms with Gasteiger partial charge in [-0.15, -0.1) is 0 Å². The molecule has 2 aromatic rings. The quantitative estimate of drug-likeness (QED) is 0.754. The van der Waals surface area contributed by atoms with Gasteiger partial charge in [0, 0.05) is 18.2 Å². The van der Waals surface area contributed by atoms with Crippen molar-refractivity contribution in [3.05, 3.63) is 47.5 Å². The molecule has 2 rings (SSSR count). The number of phenolic OH excluding ortho intramolecular Hbond substituents is 3. The van der Waals surface area contributed by atoms with Gasteiger partial charge in [-0.3, -0.25) is 4.79 Å². The molecule has 7 heteroatoms. The zero-order chi connectivity index (χ0) is 15.6. The van der Waals surface area contributed by atoms with Gasteiger partial charge in [0.2, 0.25) is 5.78 Å². The minimum Gasteiger partial charge on any atom is -0.508 e. The van der Waals surface area contributed by atoms with E-state index in [1.54, 1.807) is 0 Å². The molecule has 0 aromatic heterocycles. The van der Waals surface area contributed by atoms with Crippen LogP contribution in [-0.2, 0) is 0 Å². The molecule has 0 aliphatic rings. The summed E-state index contributed by atoms with van der Waals surface area (Å²) in [6.45, 7) is -0.686. The summed E-state index contributed by atoms with van der Waals surface area (Å²) in [6.07, 6.45) is 0. The summed E-state index contributed by atoms with van der Waals surface area (Å²) < 4.78 is 30.9. The number of rotatable bonds is 4. The van der Waals surface area contributed by atoms with E-state index in [2.05, 4.69) is 0 Å². The summed E-state index contributed by atoms with van der Waals surface area (Å²) in [5, 5.41) is 28.1. The van der Waals surface area contributed by atoms with E-state index >= 15 is 0 Å². The van der Waals surface area contributed by atoms with Crippen molar-refractivity contribution in [2.45, 2.75) is 0 Å². The monoisotopic (exact) mass is 296 g/mol. The number of hydrogen-bond acceptors (Lipinski definition) is 5. The lowest BCUT2D eigenvalue weighted by Crippen LogP contribution is -2.12. The lowest BCUT2D eigenvalue weighted by molar-refractivity contribution is 0.0913. The Bertz CT molecular complexity index is 677. The molecular weight excluding hydrogens is 286 g/mol. The number of ether oxygens (including phenoxy) is 1. The van der Waals surface area contributed by atoms with Crippen LogP contribution in [-0.4, -0.2) is 27.7 Å². The van der Waals surface area contributed by atoms with Gasteiger partial charge in [0.15, 0.2) is 18.2 Å². The fourth-order valence-electron chi connectivity index (χ4n) is 1.69. The molecule has 0 atom stereocenters. The van der Waals surface area contributed by atoms with Gasteiger partial charge >= 0.3 is 0 Å². The maximum Gasteiger partial charge on any atom is 0.207 e. The van der Waals surface area contributed by atoms with Gasteiger partial charge in [0.05, 0.1) is 0 Å². The molecule has 0 heterocycles. The third kappa shape index (κ3) is 3.19. The smallest absolute Gasteiger partial charge is 0.207 e. The Morgan fingerprint density at radius 3 is 2.24 bits per heavy atom. The summed E-state index contributed by atoms with van der Waals surface area (Å²) in [5.74, 6) is -4.66. The predicted octanol–water partition coefficient (Wildman–Crippen LogP) is 2.34. The predicted molar refractivity (Wildman–Crippen MR) is 67.6 cm³/mol. The van der Waals surface area contributed by atoms with Gasteiger partial charge in [-0.25, -0.2) is 8.78 Å². The molecule has 110 valence electrons. The van der Waals surface area contributed by atoms with Crippen LogP contribution in [0.1, 0.15) is 10.4 Å². The van der Waals surface area contributed by atoms with Crippen LogP contribution >= 0.6 is 0 Å². The van der Waals surface area contributed by atoms with Crippen molar-refractivity contribution in [3.8, 4) is 23.0 Å². The molecule has 2 aromatic carbocycles. The van der Waals surface area contributed by atoms with Gasteiger partial charge in [-0.1, -0.05) is 0 Å². The Balaban J connectivity index is 2.16. The Morgan fingerprint density at radius 1 is 1.05 bits per heavy atom. The van der Waals surface area contributed by atoms with Crippen molar-refractivity contribution < 1.29 is 33.6 Å². The summed E-state index contributed by atoms with van der Waals surface area (Å²) in [6, 6.07) is 4.29. The summed E-state index contributed by atoms with van der Waals surface area (Å²) in [5.41, 5.74) is -0.463. The molecule has 0 bridgehead atoms. The summed E-state index contributed by atoms with van der Waals surface area (Å²) in [4.78, 5) is 11.8. The molecule has 0 saturated heterocycles. The first-order chi connectivity index (χ1) is 9.88. The Labute approximate surface area is 117 Å². The van der Waals surface area contributed by atoms with E-state index in [-0.39, 0.29) is 5.75 Å². The average Bonchev–Trinajstić information content (AvgIpc) is 2.36. The van der Waals surface area contributed by atoms with E-state index in [0.717, 1.165) is 24.3 Å². The Kier molecular flexibility index (Phi) is 3.93. The maximum atomic E-state index is 13.3. The molecule has 0 unspecified atom stereocenters. The highest BCUT2D eigenvalue weighted by Crippen LogP contribution is 2.32. The third-order valence-electron chi connectivity index (χ3n) is 2.61. The molecule has 0 aliphatic heterocycles. The number of phenols is 3. The van der Waals surface area contributed by atoms with Gasteiger partial charge in [-0.05, 0) is 12.1 Å². The van der Waals surface area contributed by atoms with Crippen LogP contribution in [0.2, 0.25) is 0 Å². The van der Waals surface area contributed by atoms with Crippen LogP contribution in [0.4, 0.5) is 8.78 Å². The van der Waals surface area contributed by atoms with Crippen LogP contribution in [0.25, 0.3) is 0 Å². The zero-order valence-corrected chi connectivity index (χ0v) is 10.5. The molecule has 21 heavy (non-hydrogen) atoms. The van der Waals surface area contributed by atoms with Gasteiger partial charge in [0.1, 0.15) is 28.6 Å². The second-order valence-electron chi connectivity index (χ2n) is 4.15. The zero-order valence-electron chi connectivity index (χ0n) is 10.5. The molecule has 3 N–H and O–H groups in total. The van der Waals surface area contributed by atoms with Gasteiger partial charge in [-0.2, -0.15) is 0 Å². The van der Waals surface area contributed by atoms with E-state index in [9.17, 15) is 23.8 Å². The van der Waals surface area contributed by atoms with E-state index in [1.807, 2.05) is 0 Å². The molecular formula is C14H10F2O5. The minimum atomic E-state index is -0.984. The van der Waals surface area contributed by atoms with Crippen LogP contribution in [0.5, 0.6) is 23.0 Å². The van der Waals surface area contributed by atoms with Crippen LogP contribution in [0, 0.1) is 11.6 Å². The van der Waals surface area contributed by atoms with Crippen LogP contribution in [0.15, 0.2) is 30.3 Å². The lowest BCUT2D eigenvalue weighted by Gasteiger charge is -2.09. The number of Topliss-reactive ketones (excluding diaryl/α,β-unsaturated/α-hetero) is 1. The Hall–Kier alpha value is -2.83. The summed E-state index contributed by atoms with van der Waals surface area (Å²) in [7, 11) is 0. The first-order valence-corrected chi connectivity index (χ1v) is 5.74. The van der Waals surface area contributed by atoms with Crippen LogP contribution < -0.4 is 4.74 Å². The normalized spacial score (nSPS) is 10.4. The maximum absolute atomic E-state index is 13.3. The number of hydrogen-bond donors (Lipinski definition) is 3. The van der Waals surface area contributed by atoms with Crippen molar-refractivity contribution in [2.75, 3.05) is 6.61 Å². The molecule has 0 saturated carbocycles. The number of ketones is 1. The van der Waals surface area contributed by atoms with E-state index in [4.69, 9.17) is 9.84 Å². The average molecular weight is 296 g/mol. The van der Waals surface area contributed by atoms with Crippen molar-refractivity contribution in [2.24, 2.45) is 0 Å². The highest BCUT2D eigenvalue weighted by molar-refractivity contribution is 6.02. The number of aromatic hydroxyl groups is 3. The van der Waals surface area contributed by atoms with Crippen molar-refractivity contribution in [1.82, 2.24) is 0 Å². The SMILES string of the molecule is O=C(COc1ccc(F)cc1F)c1c(O)cc(O)cc1O. The molecule has 0 spiro atoms. The highest BCUT2D eigenvalue weighted by Gasteiger charge is 2.19. The third-order valence-corrected chi connectivity index (χ3v) is 2.61. The van der Waals surface area contributed by atoms with E-state index in [1.165, 1.54) is 0 Å². The van der Waals surface area contributed by atoms with Gasteiger partial charge < -0.3 is 20.1 Å². The Morgan fingerprint density at radius 2 is 1.67 bits per heavy atom. The molecule has 0 aliphatic carbocycles. The van der Waals surface area contributed by atoms with E-state index < -0.39 is 46.8 Å². The van der Waals surface area contributed by atoms with Crippen molar-refractivity contribution in [1.29, 1.82) is 0 Å². The standard InChI is InChI=1S/C14H10F2O5/c15-7-1-2-13(9(16)3-7)21-6-12(20)14-10(18)4-8(17)5-11(14)19/h1-5,17-19H,6H2. The molecule has 0 radical (unpaired) electrons. The van der Waals surface area contributed by atoms with Crippen molar-refractivity contribution >= 4 is 5.78 Å². The number of carbonyl (C=O) groups is 1. The second-order valence-corrected chi connectivity index (χ2v) is 4.15. The largest absolute Gasteiger partial charge is 0.508 e. The fourth-order valence-corrected chi connectivity index (χ4v) is 1.69. The molecule has 0 amide bonds. The minimum absolute atomic E-state index is 0.345. The second kappa shape index (κ2) is 5.66. The lowest BCUT2D eigenvalue weighted by atomic mass is 10.1. The molecule has 5 nitrogen and oxygen atoms in total.